The van der Waals surface area contributed by atoms with Crippen molar-refractivity contribution in [3.05, 3.63) is 52.2 Å². The molecule has 0 bridgehead atoms. The van der Waals surface area contributed by atoms with Crippen LogP contribution < -0.4 is 4.74 Å². The number of hydrogen-bond acceptors (Lipinski definition) is 3. The van der Waals surface area contributed by atoms with Crippen molar-refractivity contribution < 1.29 is 14.6 Å². The van der Waals surface area contributed by atoms with Crippen molar-refractivity contribution in [3.8, 4) is 11.6 Å². The second-order valence-corrected chi connectivity index (χ2v) is 4.94. The number of nitrogens with zero attached hydrogens (tertiary/aromatic N) is 1. The Morgan fingerprint density at radius 3 is 2.40 bits per heavy atom. The lowest BCUT2D eigenvalue weighted by atomic mass is 10.1. The number of carboxylic acid groups (broad SMARTS) is 1. The zero-order chi connectivity index (χ0) is 14.9. The minimum absolute atomic E-state index is 0.107. The number of carbonyl (C=O) groups is 1. The predicted molar refractivity (Wildman–Crippen MR) is 76.7 cm³/mol. The molecular formula is C16H17NO3. The molecule has 0 radical (unpaired) electrons. The molecule has 4 heteroatoms. The van der Waals surface area contributed by atoms with E-state index in [1.54, 1.807) is 13.0 Å². The Kier molecular flexibility index (Phi) is 3.74. The van der Waals surface area contributed by atoms with Gasteiger partial charge in [-0.15, -0.1) is 0 Å². The first kappa shape index (κ1) is 14.1. The lowest BCUT2D eigenvalue weighted by Crippen LogP contribution is -2.06. The zero-order valence-electron chi connectivity index (χ0n) is 12.0. The molecule has 0 atom stereocenters. The van der Waals surface area contributed by atoms with Gasteiger partial charge in [0.1, 0.15) is 11.3 Å². The van der Waals surface area contributed by atoms with E-state index in [0.29, 0.717) is 11.3 Å². The van der Waals surface area contributed by atoms with Crippen LogP contribution in [0.25, 0.3) is 0 Å². The smallest absolute Gasteiger partial charge is 0.341 e. The summed E-state index contributed by atoms with van der Waals surface area (Å²) in [5.41, 5.74) is 3.55. The standard InChI is InChI=1S/C16H17NO3/c1-9-5-6-13(10(2)7-9)20-15-14(16(18)19)11(3)8-12(4)17-15/h5-8H,1-4H3,(H,18,19). The summed E-state index contributed by atoms with van der Waals surface area (Å²) in [6.07, 6.45) is 0. The van der Waals surface area contributed by atoms with Crippen molar-refractivity contribution in [2.75, 3.05) is 0 Å². The molecular weight excluding hydrogens is 254 g/mol. The van der Waals surface area contributed by atoms with E-state index in [4.69, 9.17) is 4.74 Å². The monoisotopic (exact) mass is 271 g/mol. The van der Waals surface area contributed by atoms with Gasteiger partial charge in [-0.05, 0) is 51.0 Å². The Labute approximate surface area is 118 Å². The van der Waals surface area contributed by atoms with Crippen LogP contribution in [0.15, 0.2) is 24.3 Å². The molecule has 20 heavy (non-hydrogen) atoms. The Morgan fingerprint density at radius 1 is 1.10 bits per heavy atom. The molecule has 0 saturated carbocycles. The molecule has 1 heterocycles. The summed E-state index contributed by atoms with van der Waals surface area (Å²) in [5.74, 6) is -0.271. The molecule has 1 aromatic carbocycles. The van der Waals surface area contributed by atoms with Crippen LogP contribution in [0, 0.1) is 27.7 Å². The summed E-state index contributed by atoms with van der Waals surface area (Å²) in [4.78, 5) is 15.6. The first-order chi connectivity index (χ1) is 9.38. The highest BCUT2D eigenvalue weighted by molar-refractivity contribution is 5.92. The molecule has 0 aliphatic rings. The Bertz CT molecular complexity index is 678. The van der Waals surface area contributed by atoms with Gasteiger partial charge in [0, 0.05) is 5.69 Å². The Hall–Kier alpha value is -2.36. The molecule has 2 rings (SSSR count). The van der Waals surface area contributed by atoms with Crippen LogP contribution in [0.5, 0.6) is 11.6 Å². The van der Waals surface area contributed by atoms with E-state index in [9.17, 15) is 9.90 Å². The third-order valence-electron chi connectivity index (χ3n) is 3.06. The molecule has 0 saturated heterocycles. The number of rotatable bonds is 3. The van der Waals surface area contributed by atoms with E-state index < -0.39 is 5.97 Å². The second-order valence-electron chi connectivity index (χ2n) is 4.94. The molecule has 1 aromatic heterocycles. The number of aromatic carboxylic acids is 1. The molecule has 0 amide bonds. The van der Waals surface area contributed by atoms with Gasteiger partial charge in [-0.3, -0.25) is 0 Å². The lowest BCUT2D eigenvalue weighted by molar-refractivity contribution is 0.0692. The first-order valence-electron chi connectivity index (χ1n) is 6.35. The number of pyridine rings is 1. The van der Waals surface area contributed by atoms with E-state index in [1.165, 1.54) is 0 Å². The number of benzene rings is 1. The Morgan fingerprint density at radius 2 is 1.80 bits per heavy atom. The molecule has 0 unspecified atom stereocenters. The van der Waals surface area contributed by atoms with E-state index in [1.807, 2.05) is 39.0 Å². The van der Waals surface area contributed by atoms with Gasteiger partial charge < -0.3 is 9.84 Å². The van der Waals surface area contributed by atoms with Crippen LogP contribution in [0.1, 0.15) is 32.7 Å². The van der Waals surface area contributed by atoms with Gasteiger partial charge in [-0.1, -0.05) is 17.7 Å². The van der Waals surface area contributed by atoms with Gasteiger partial charge in [0.2, 0.25) is 5.88 Å². The fourth-order valence-electron chi connectivity index (χ4n) is 2.15. The zero-order valence-corrected chi connectivity index (χ0v) is 12.0. The van der Waals surface area contributed by atoms with Crippen LogP contribution in [0.4, 0.5) is 0 Å². The predicted octanol–water partition coefficient (Wildman–Crippen LogP) is 3.81. The highest BCUT2D eigenvalue weighted by Gasteiger charge is 2.18. The molecule has 0 spiro atoms. The van der Waals surface area contributed by atoms with Gasteiger partial charge in [0.25, 0.3) is 0 Å². The molecule has 4 nitrogen and oxygen atoms in total. The summed E-state index contributed by atoms with van der Waals surface area (Å²) in [6, 6.07) is 7.47. The average Bonchev–Trinajstić information content (AvgIpc) is 2.31. The minimum Gasteiger partial charge on any atom is -0.477 e. The number of hydrogen-bond donors (Lipinski definition) is 1. The molecule has 2 aromatic rings. The maximum Gasteiger partial charge on any atom is 0.341 e. The highest BCUT2D eigenvalue weighted by atomic mass is 16.5. The van der Waals surface area contributed by atoms with E-state index in [2.05, 4.69) is 4.98 Å². The highest BCUT2D eigenvalue weighted by Crippen LogP contribution is 2.29. The van der Waals surface area contributed by atoms with Gasteiger partial charge in [-0.25, -0.2) is 9.78 Å². The van der Waals surface area contributed by atoms with E-state index in [0.717, 1.165) is 16.8 Å². The van der Waals surface area contributed by atoms with Gasteiger partial charge in [0.05, 0.1) is 0 Å². The molecule has 104 valence electrons. The van der Waals surface area contributed by atoms with Crippen molar-refractivity contribution in [1.29, 1.82) is 0 Å². The first-order valence-corrected chi connectivity index (χ1v) is 6.35. The van der Waals surface area contributed by atoms with Crippen LogP contribution >= 0.6 is 0 Å². The number of aryl methyl sites for hydroxylation is 4. The molecule has 0 aliphatic carbocycles. The SMILES string of the molecule is Cc1ccc(Oc2nc(C)cc(C)c2C(=O)O)c(C)c1. The van der Waals surface area contributed by atoms with Gasteiger partial charge >= 0.3 is 5.97 Å². The van der Waals surface area contributed by atoms with Crippen molar-refractivity contribution >= 4 is 5.97 Å². The van der Waals surface area contributed by atoms with Crippen LogP contribution in [0.3, 0.4) is 0 Å². The second kappa shape index (κ2) is 5.33. The van der Waals surface area contributed by atoms with Gasteiger partial charge in [-0.2, -0.15) is 0 Å². The quantitative estimate of drug-likeness (QED) is 0.922. The fraction of sp³-hybridized carbons (Fsp3) is 0.250. The number of ether oxygens (including phenoxy) is 1. The van der Waals surface area contributed by atoms with Crippen molar-refractivity contribution in [2.24, 2.45) is 0 Å². The normalized spacial score (nSPS) is 10.4. The lowest BCUT2D eigenvalue weighted by Gasteiger charge is -2.12. The van der Waals surface area contributed by atoms with Crippen molar-refractivity contribution in [2.45, 2.75) is 27.7 Å². The average molecular weight is 271 g/mol. The molecule has 1 N–H and O–H groups in total. The molecule has 0 fully saturated rings. The summed E-state index contributed by atoms with van der Waals surface area (Å²) in [5, 5.41) is 9.31. The summed E-state index contributed by atoms with van der Waals surface area (Å²) >= 11 is 0. The third kappa shape index (κ3) is 2.79. The van der Waals surface area contributed by atoms with Gasteiger partial charge in [0.15, 0.2) is 0 Å². The summed E-state index contributed by atoms with van der Waals surface area (Å²) < 4.78 is 5.73. The Balaban J connectivity index is 2.50. The van der Waals surface area contributed by atoms with E-state index in [-0.39, 0.29) is 11.4 Å². The molecule has 0 aliphatic heterocycles. The number of aromatic nitrogens is 1. The van der Waals surface area contributed by atoms with Crippen LogP contribution in [-0.2, 0) is 0 Å². The largest absolute Gasteiger partial charge is 0.477 e. The minimum atomic E-state index is -1.03. The maximum atomic E-state index is 11.4. The fourth-order valence-corrected chi connectivity index (χ4v) is 2.15. The summed E-state index contributed by atoms with van der Waals surface area (Å²) in [6.45, 7) is 7.47. The van der Waals surface area contributed by atoms with Crippen LogP contribution in [0.2, 0.25) is 0 Å². The number of carboxylic acids is 1. The maximum absolute atomic E-state index is 11.4. The summed E-state index contributed by atoms with van der Waals surface area (Å²) in [7, 11) is 0. The van der Waals surface area contributed by atoms with Crippen LogP contribution in [-0.4, -0.2) is 16.1 Å². The third-order valence-corrected chi connectivity index (χ3v) is 3.06. The van der Waals surface area contributed by atoms with Crippen molar-refractivity contribution in [1.82, 2.24) is 4.98 Å². The van der Waals surface area contributed by atoms with E-state index >= 15 is 0 Å². The van der Waals surface area contributed by atoms with Crippen molar-refractivity contribution in [3.63, 3.8) is 0 Å². The topological polar surface area (TPSA) is 59.4 Å².